The predicted octanol–water partition coefficient (Wildman–Crippen LogP) is 1.74. The molecule has 1 aliphatic heterocycles. The van der Waals surface area contributed by atoms with Crippen LogP contribution >= 0.6 is 0 Å². The number of nitrogens with one attached hydrogen (secondary N) is 1. The lowest BCUT2D eigenvalue weighted by Crippen LogP contribution is -2.54. The number of carbonyl (C=O) groups excluding carboxylic acids is 1. The van der Waals surface area contributed by atoms with Crippen LogP contribution in [0.2, 0.25) is 0 Å². The number of aromatic nitrogens is 1. The van der Waals surface area contributed by atoms with Crippen LogP contribution in [-0.2, 0) is 4.79 Å². The normalized spacial score (nSPS) is 22.8. The van der Waals surface area contributed by atoms with Crippen molar-refractivity contribution in [1.82, 2.24) is 15.2 Å². The average Bonchev–Trinajstić information content (AvgIpc) is 2.63. The van der Waals surface area contributed by atoms with Crippen molar-refractivity contribution in [1.29, 1.82) is 0 Å². The first-order valence-electron chi connectivity index (χ1n) is 9.55. The van der Waals surface area contributed by atoms with E-state index in [9.17, 15) is 9.59 Å². The molecule has 26 heavy (non-hydrogen) atoms. The third-order valence-electron chi connectivity index (χ3n) is 5.40. The second-order valence-corrected chi connectivity index (χ2v) is 7.17. The Morgan fingerprint density at radius 3 is 2.69 bits per heavy atom. The zero-order valence-electron chi connectivity index (χ0n) is 15.4. The molecular weight excluding hydrogens is 332 g/mol. The fourth-order valence-electron chi connectivity index (χ4n) is 3.87. The van der Waals surface area contributed by atoms with Crippen LogP contribution in [0.1, 0.15) is 49.4 Å². The van der Waals surface area contributed by atoms with Crippen molar-refractivity contribution >= 4 is 17.7 Å². The number of likely N-dealkylation sites (N-methyl/N-ethyl adjacent to an activating group) is 1. The number of hydrogen-bond acceptors (Lipinski definition) is 5. The zero-order valence-corrected chi connectivity index (χ0v) is 15.4. The Balaban J connectivity index is 1.57. The van der Waals surface area contributed by atoms with E-state index in [0.29, 0.717) is 12.1 Å². The number of hydrogen-bond donors (Lipinski definition) is 2. The van der Waals surface area contributed by atoms with Crippen LogP contribution < -0.4 is 10.2 Å². The van der Waals surface area contributed by atoms with Gasteiger partial charge in [0.2, 0.25) is 0 Å². The minimum atomic E-state index is -0.805. The summed E-state index contributed by atoms with van der Waals surface area (Å²) in [6.07, 6.45) is 6.85. The van der Waals surface area contributed by atoms with Crippen molar-refractivity contribution in [3.8, 4) is 0 Å². The fraction of sp³-hybridized carbons (Fsp3) is 0.632. The molecule has 3 rings (SSSR count). The smallest absolute Gasteiger partial charge is 0.317 e. The standard InChI is InChI=1S/C19H28N4O3/c1-2-22(13-17(24)25)15-11-14(12-15)21-19(26)16-7-6-8-20-18(16)23-9-4-3-5-10-23/h6-8,14-15H,2-5,9-13H2,1H3,(H,21,26)(H,24,25). The Bertz CT molecular complexity index is 639. The quantitative estimate of drug-likeness (QED) is 0.770. The summed E-state index contributed by atoms with van der Waals surface area (Å²) in [7, 11) is 0. The molecule has 0 unspecified atom stereocenters. The molecule has 0 bridgehead atoms. The van der Waals surface area contributed by atoms with Gasteiger partial charge in [0.1, 0.15) is 5.82 Å². The van der Waals surface area contributed by atoms with E-state index >= 15 is 0 Å². The highest BCUT2D eigenvalue weighted by atomic mass is 16.4. The first kappa shape index (κ1) is 18.6. The first-order chi connectivity index (χ1) is 12.6. The van der Waals surface area contributed by atoms with Crippen molar-refractivity contribution in [3.63, 3.8) is 0 Å². The molecule has 2 N–H and O–H groups in total. The molecular formula is C19H28N4O3. The van der Waals surface area contributed by atoms with E-state index in [1.165, 1.54) is 6.42 Å². The molecule has 0 aromatic carbocycles. The van der Waals surface area contributed by atoms with Crippen LogP contribution in [0.25, 0.3) is 0 Å². The summed E-state index contributed by atoms with van der Waals surface area (Å²) in [5, 5.41) is 12.1. The van der Waals surface area contributed by atoms with E-state index < -0.39 is 5.97 Å². The average molecular weight is 360 g/mol. The van der Waals surface area contributed by atoms with E-state index in [1.807, 2.05) is 17.9 Å². The van der Waals surface area contributed by atoms with Crippen LogP contribution in [0.3, 0.4) is 0 Å². The van der Waals surface area contributed by atoms with Gasteiger partial charge in [-0.15, -0.1) is 0 Å². The Labute approximate surface area is 154 Å². The summed E-state index contributed by atoms with van der Waals surface area (Å²) in [4.78, 5) is 32.3. The van der Waals surface area contributed by atoms with Gasteiger partial charge in [0.15, 0.2) is 0 Å². The van der Waals surface area contributed by atoms with Gasteiger partial charge in [-0.3, -0.25) is 14.5 Å². The number of carbonyl (C=O) groups is 2. The first-order valence-corrected chi connectivity index (χ1v) is 9.55. The monoisotopic (exact) mass is 360 g/mol. The number of amides is 1. The molecule has 0 radical (unpaired) electrons. The molecule has 2 fully saturated rings. The molecule has 0 spiro atoms. The van der Waals surface area contributed by atoms with Gasteiger partial charge in [-0.25, -0.2) is 4.98 Å². The number of carboxylic acids is 1. The summed E-state index contributed by atoms with van der Waals surface area (Å²) in [5.41, 5.74) is 0.635. The van der Waals surface area contributed by atoms with E-state index in [2.05, 4.69) is 15.2 Å². The Hall–Kier alpha value is -2.15. The minimum absolute atomic E-state index is 0.0591. The maximum Gasteiger partial charge on any atom is 0.317 e. The van der Waals surface area contributed by atoms with Crippen LogP contribution in [0.5, 0.6) is 0 Å². The van der Waals surface area contributed by atoms with E-state index in [-0.39, 0.29) is 24.5 Å². The fourth-order valence-corrected chi connectivity index (χ4v) is 3.87. The number of piperidine rings is 1. The number of aliphatic carboxylic acids is 1. The van der Waals surface area contributed by atoms with Gasteiger partial charge in [-0.1, -0.05) is 6.92 Å². The van der Waals surface area contributed by atoms with Gasteiger partial charge in [-0.2, -0.15) is 0 Å². The van der Waals surface area contributed by atoms with Gasteiger partial charge >= 0.3 is 5.97 Å². The second kappa shape index (κ2) is 8.49. The van der Waals surface area contributed by atoms with Gasteiger partial charge in [0.25, 0.3) is 5.91 Å². The second-order valence-electron chi connectivity index (χ2n) is 7.17. The topological polar surface area (TPSA) is 85.8 Å². The van der Waals surface area contributed by atoms with Crippen LogP contribution in [-0.4, -0.2) is 65.1 Å². The number of nitrogens with zero attached hydrogens (tertiary/aromatic N) is 3. The predicted molar refractivity (Wildman–Crippen MR) is 99.5 cm³/mol. The number of rotatable bonds is 7. The van der Waals surface area contributed by atoms with E-state index in [1.54, 1.807) is 12.3 Å². The Morgan fingerprint density at radius 2 is 2.04 bits per heavy atom. The lowest BCUT2D eigenvalue weighted by molar-refractivity contribution is -0.139. The third kappa shape index (κ3) is 4.33. The summed E-state index contributed by atoms with van der Waals surface area (Å²) >= 11 is 0. The maximum absolute atomic E-state index is 12.7. The van der Waals surface area contributed by atoms with Crippen molar-refractivity contribution < 1.29 is 14.7 Å². The lowest BCUT2D eigenvalue weighted by Gasteiger charge is -2.42. The molecule has 1 aromatic heterocycles. The number of carboxylic acid groups (broad SMARTS) is 1. The summed E-state index contributed by atoms with van der Waals surface area (Å²) in [6.45, 7) is 4.63. The Kier molecular flexibility index (Phi) is 6.08. The van der Waals surface area contributed by atoms with Gasteiger partial charge in [0, 0.05) is 31.4 Å². The summed E-state index contributed by atoms with van der Waals surface area (Å²) in [5.74, 6) is -0.106. The van der Waals surface area contributed by atoms with Crippen molar-refractivity contribution in [2.24, 2.45) is 0 Å². The van der Waals surface area contributed by atoms with Crippen LogP contribution in [0, 0.1) is 0 Å². The highest BCUT2D eigenvalue weighted by Gasteiger charge is 2.35. The van der Waals surface area contributed by atoms with Crippen LogP contribution in [0.4, 0.5) is 5.82 Å². The molecule has 2 aliphatic rings. The number of anilines is 1. The lowest BCUT2D eigenvalue weighted by atomic mass is 9.85. The SMILES string of the molecule is CCN(CC(=O)O)C1CC(NC(=O)c2cccnc2N2CCCCC2)C1. The minimum Gasteiger partial charge on any atom is -0.480 e. The Morgan fingerprint density at radius 1 is 1.31 bits per heavy atom. The zero-order chi connectivity index (χ0) is 18.5. The van der Waals surface area contributed by atoms with Crippen LogP contribution in [0.15, 0.2) is 18.3 Å². The van der Waals surface area contributed by atoms with Crippen molar-refractivity contribution in [3.05, 3.63) is 23.9 Å². The largest absolute Gasteiger partial charge is 0.480 e. The van der Waals surface area contributed by atoms with E-state index in [0.717, 1.165) is 44.6 Å². The van der Waals surface area contributed by atoms with Crippen molar-refractivity contribution in [2.45, 2.75) is 51.1 Å². The highest BCUT2D eigenvalue weighted by Crippen LogP contribution is 2.27. The third-order valence-corrected chi connectivity index (χ3v) is 5.40. The number of pyridine rings is 1. The molecule has 1 aromatic rings. The molecule has 1 aliphatic carbocycles. The molecule has 7 nitrogen and oxygen atoms in total. The van der Waals surface area contributed by atoms with Gasteiger partial charge < -0.3 is 15.3 Å². The molecule has 142 valence electrons. The molecule has 7 heteroatoms. The highest BCUT2D eigenvalue weighted by molar-refractivity contribution is 5.99. The van der Waals surface area contributed by atoms with E-state index in [4.69, 9.17) is 5.11 Å². The van der Waals surface area contributed by atoms with Gasteiger partial charge in [0.05, 0.1) is 12.1 Å². The molecule has 1 saturated heterocycles. The molecule has 1 saturated carbocycles. The summed E-state index contributed by atoms with van der Waals surface area (Å²) in [6, 6.07) is 3.98. The summed E-state index contributed by atoms with van der Waals surface area (Å²) < 4.78 is 0. The molecule has 1 amide bonds. The van der Waals surface area contributed by atoms with Crippen molar-refractivity contribution in [2.75, 3.05) is 31.1 Å². The molecule has 2 heterocycles. The maximum atomic E-state index is 12.7. The molecule has 0 atom stereocenters. The van der Waals surface area contributed by atoms with Gasteiger partial charge in [-0.05, 0) is 50.8 Å².